The van der Waals surface area contributed by atoms with E-state index in [0.29, 0.717) is 6.10 Å². The lowest BCUT2D eigenvalue weighted by Crippen LogP contribution is -2.46. The van der Waals surface area contributed by atoms with Gasteiger partial charge in [-0.2, -0.15) is 0 Å². The fraction of sp³-hybridized carbons (Fsp3) is 0.833. The van der Waals surface area contributed by atoms with E-state index in [1.807, 2.05) is 18.3 Å². The van der Waals surface area contributed by atoms with E-state index in [4.69, 9.17) is 4.74 Å². The zero-order chi connectivity index (χ0) is 13.2. The van der Waals surface area contributed by atoms with Crippen LogP contribution in [0.25, 0.3) is 0 Å². The van der Waals surface area contributed by atoms with Crippen LogP contribution in [0.1, 0.15) is 0 Å². The van der Waals surface area contributed by atoms with Gasteiger partial charge in [0, 0.05) is 52.5 Å². The highest BCUT2D eigenvalue weighted by Gasteiger charge is 2.40. The number of likely N-dealkylation sites (N-methyl/N-ethyl adjacent to an activating group) is 1. The fourth-order valence-corrected chi connectivity index (χ4v) is 2.50. The minimum absolute atomic E-state index is 0.216. The molecule has 2 saturated heterocycles. The third-order valence-electron chi connectivity index (χ3n) is 3.85. The monoisotopic (exact) mass is 268 g/mol. The highest BCUT2D eigenvalue weighted by atomic mass is 16.6. The number of hydrogen-bond acceptors (Lipinski definition) is 7. The third-order valence-corrected chi connectivity index (χ3v) is 3.85. The zero-order valence-corrected chi connectivity index (χ0v) is 11.7. The van der Waals surface area contributed by atoms with Gasteiger partial charge in [-0.15, -0.1) is 5.53 Å². The molecule has 2 fully saturated rings. The minimum Gasteiger partial charge on any atom is -0.352 e. The summed E-state index contributed by atoms with van der Waals surface area (Å²) >= 11 is 0. The number of piperazine rings is 1. The Labute approximate surface area is 114 Å². The maximum absolute atomic E-state index is 5.68. The molecule has 0 aliphatic carbocycles. The molecule has 7 heteroatoms. The summed E-state index contributed by atoms with van der Waals surface area (Å²) in [5.74, 6) is 0. The van der Waals surface area contributed by atoms with Gasteiger partial charge < -0.3 is 15.1 Å². The Morgan fingerprint density at radius 3 is 2.79 bits per heavy atom. The van der Waals surface area contributed by atoms with Gasteiger partial charge in [0.25, 0.3) is 0 Å². The lowest BCUT2D eigenvalue weighted by molar-refractivity contribution is 0.144. The maximum Gasteiger partial charge on any atom is 0.136 e. The number of ether oxygens (including phenoxy) is 1. The van der Waals surface area contributed by atoms with Crippen LogP contribution in [0.15, 0.2) is 11.9 Å². The van der Waals surface area contributed by atoms with Crippen molar-refractivity contribution in [3.8, 4) is 0 Å². The van der Waals surface area contributed by atoms with Crippen molar-refractivity contribution in [1.82, 2.24) is 31.1 Å². The highest BCUT2D eigenvalue weighted by molar-refractivity contribution is 5.04. The lowest BCUT2D eigenvalue weighted by atomic mass is 10.3. The Kier molecular flexibility index (Phi) is 3.90. The molecular formula is C12H24N6O. The second-order valence-electron chi connectivity index (χ2n) is 5.58. The Hall–Kier alpha value is -0.860. The number of nitrogens with one attached hydrogen (secondary N) is 3. The first kappa shape index (κ1) is 13.1. The molecule has 7 nitrogen and oxygen atoms in total. The molecule has 0 amide bonds. The van der Waals surface area contributed by atoms with Crippen LogP contribution >= 0.6 is 0 Å². The molecule has 3 heterocycles. The fourth-order valence-electron chi connectivity index (χ4n) is 2.50. The molecular weight excluding hydrogens is 244 g/mol. The smallest absolute Gasteiger partial charge is 0.136 e. The Morgan fingerprint density at radius 1 is 1.32 bits per heavy atom. The third kappa shape index (κ3) is 3.58. The molecule has 0 spiro atoms. The molecule has 3 N–H and O–H groups in total. The summed E-state index contributed by atoms with van der Waals surface area (Å²) in [7, 11) is 4.15. The zero-order valence-electron chi connectivity index (χ0n) is 11.7. The van der Waals surface area contributed by atoms with Crippen LogP contribution in [0.5, 0.6) is 0 Å². The highest BCUT2D eigenvalue weighted by Crippen LogP contribution is 2.21. The predicted octanol–water partition coefficient (Wildman–Crippen LogP) is -1.66. The van der Waals surface area contributed by atoms with Gasteiger partial charge in [-0.05, 0) is 7.05 Å². The van der Waals surface area contributed by atoms with Gasteiger partial charge in [-0.1, -0.05) is 0 Å². The maximum atomic E-state index is 5.68. The molecule has 0 aromatic heterocycles. The van der Waals surface area contributed by atoms with E-state index in [1.54, 1.807) is 0 Å². The topological polar surface area (TPSA) is 58.3 Å². The molecule has 0 aromatic carbocycles. The van der Waals surface area contributed by atoms with Gasteiger partial charge in [0.2, 0.25) is 0 Å². The summed E-state index contributed by atoms with van der Waals surface area (Å²) in [6.45, 7) is 6.51. The average molecular weight is 268 g/mol. The van der Waals surface area contributed by atoms with Gasteiger partial charge in [-0.25, -0.2) is 0 Å². The largest absolute Gasteiger partial charge is 0.352 e. The van der Waals surface area contributed by atoms with E-state index in [2.05, 4.69) is 33.1 Å². The predicted molar refractivity (Wildman–Crippen MR) is 72.7 cm³/mol. The van der Waals surface area contributed by atoms with E-state index in [9.17, 15) is 0 Å². The second kappa shape index (κ2) is 5.64. The van der Waals surface area contributed by atoms with Gasteiger partial charge >= 0.3 is 0 Å². The van der Waals surface area contributed by atoms with Crippen LogP contribution in [0.3, 0.4) is 0 Å². The van der Waals surface area contributed by atoms with Crippen molar-refractivity contribution in [2.45, 2.75) is 12.3 Å². The van der Waals surface area contributed by atoms with Crippen molar-refractivity contribution < 1.29 is 4.74 Å². The van der Waals surface area contributed by atoms with Crippen LogP contribution in [-0.2, 0) is 4.74 Å². The van der Waals surface area contributed by atoms with Crippen LogP contribution in [0, 0.1) is 0 Å². The van der Waals surface area contributed by atoms with E-state index in [-0.39, 0.29) is 6.23 Å². The number of nitrogens with zero attached hydrogens (tertiary/aromatic N) is 3. The molecule has 0 radical (unpaired) electrons. The summed E-state index contributed by atoms with van der Waals surface area (Å²) in [5.41, 5.74) is 7.22. The Morgan fingerprint density at radius 2 is 2.11 bits per heavy atom. The first-order valence-corrected chi connectivity index (χ1v) is 6.95. The summed E-state index contributed by atoms with van der Waals surface area (Å²) in [6.07, 6.45) is 2.61. The molecule has 0 saturated carbocycles. The molecule has 2 atom stereocenters. The normalized spacial score (nSPS) is 32.3. The molecule has 108 valence electrons. The summed E-state index contributed by atoms with van der Waals surface area (Å²) in [4.78, 5) is 4.87. The van der Waals surface area contributed by atoms with Crippen LogP contribution in [-0.4, -0.2) is 80.5 Å². The Balaban J connectivity index is 1.32. The van der Waals surface area contributed by atoms with Crippen molar-refractivity contribution >= 4 is 0 Å². The first-order chi connectivity index (χ1) is 9.20. The van der Waals surface area contributed by atoms with Crippen molar-refractivity contribution in [3.63, 3.8) is 0 Å². The number of hydrazine groups is 2. The molecule has 3 aliphatic heterocycles. The summed E-state index contributed by atoms with van der Waals surface area (Å²) < 4.78 is 5.68. The molecule has 0 bridgehead atoms. The molecule has 2 unspecified atom stereocenters. The van der Waals surface area contributed by atoms with Crippen LogP contribution < -0.4 is 16.3 Å². The SMILES string of the molecule is CN1CCN(CC2OC2NCC2=CN(C)NN2)CC1. The average Bonchev–Trinajstić information content (AvgIpc) is 3.00. The van der Waals surface area contributed by atoms with Crippen molar-refractivity contribution in [1.29, 1.82) is 0 Å². The van der Waals surface area contributed by atoms with Crippen molar-refractivity contribution in [2.75, 3.05) is 53.4 Å². The van der Waals surface area contributed by atoms with Crippen LogP contribution in [0.2, 0.25) is 0 Å². The lowest BCUT2D eigenvalue weighted by Gasteiger charge is -2.31. The van der Waals surface area contributed by atoms with Gasteiger partial charge in [0.15, 0.2) is 0 Å². The van der Waals surface area contributed by atoms with Gasteiger partial charge in [0.05, 0.1) is 5.70 Å². The number of rotatable bonds is 5. The van der Waals surface area contributed by atoms with Gasteiger partial charge in [0.1, 0.15) is 12.3 Å². The van der Waals surface area contributed by atoms with E-state index in [1.165, 1.54) is 13.1 Å². The van der Waals surface area contributed by atoms with E-state index < -0.39 is 0 Å². The van der Waals surface area contributed by atoms with Crippen molar-refractivity contribution in [2.24, 2.45) is 0 Å². The standard InChI is InChI=1S/C12H24N6O/c1-16-3-5-18(6-4-16)9-11-12(19-11)13-7-10-8-17(2)15-14-10/h8,11-15H,3-7,9H2,1-2H3. The molecule has 19 heavy (non-hydrogen) atoms. The second-order valence-corrected chi connectivity index (χ2v) is 5.58. The van der Waals surface area contributed by atoms with Gasteiger partial charge in [-0.3, -0.25) is 15.2 Å². The number of epoxide rings is 1. The van der Waals surface area contributed by atoms with E-state index >= 15 is 0 Å². The van der Waals surface area contributed by atoms with Crippen molar-refractivity contribution in [3.05, 3.63) is 11.9 Å². The molecule has 3 rings (SSSR count). The van der Waals surface area contributed by atoms with Crippen LogP contribution in [0.4, 0.5) is 0 Å². The quantitative estimate of drug-likeness (QED) is 0.516. The molecule has 3 aliphatic rings. The van der Waals surface area contributed by atoms with E-state index in [0.717, 1.165) is 31.9 Å². The number of hydrogen-bond donors (Lipinski definition) is 3. The minimum atomic E-state index is 0.216. The summed E-state index contributed by atoms with van der Waals surface area (Å²) in [5, 5.41) is 5.31. The molecule has 0 aromatic rings. The first-order valence-electron chi connectivity index (χ1n) is 6.95. The Bertz CT molecular complexity index is 341. The summed E-state index contributed by atoms with van der Waals surface area (Å²) in [6, 6.07) is 0.